The van der Waals surface area contributed by atoms with Crippen molar-refractivity contribution in [1.29, 1.82) is 0 Å². The number of halogens is 2. The number of alkyl halides is 2. The minimum absolute atomic E-state index is 0.0829. The van der Waals surface area contributed by atoms with Gasteiger partial charge >= 0.3 is 6.61 Å². The number of carbonyl (C=O) groups excluding carboxylic acids is 1. The summed E-state index contributed by atoms with van der Waals surface area (Å²) in [6.45, 7) is -0.602. The molecule has 0 fully saturated rings. The van der Waals surface area contributed by atoms with Crippen LogP contribution >= 0.6 is 0 Å². The zero-order chi connectivity index (χ0) is 17.5. The quantitative estimate of drug-likeness (QED) is 0.834. The molecule has 0 heterocycles. The Bertz CT molecular complexity index is 674. The SMILES string of the molecule is COCc1cccc(C(=O)NC(C)c2ccc(OC(F)F)cc2)c1. The predicted octanol–water partition coefficient (Wildman–Crippen LogP) is 3.93. The maximum absolute atomic E-state index is 12.3. The first-order valence-electron chi connectivity index (χ1n) is 7.43. The molecule has 0 bridgehead atoms. The summed E-state index contributed by atoms with van der Waals surface area (Å²) in [5.74, 6) is -0.132. The fourth-order valence-electron chi connectivity index (χ4n) is 2.27. The van der Waals surface area contributed by atoms with Gasteiger partial charge in [-0.05, 0) is 42.3 Å². The van der Waals surface area contributed by atoms with Crippen molar-refractivity contribution in [3.05, 3.63) is 65.2 Å². The van der Waals surface area contributed by atoms with Gasteiger partial charge in [-0.2, -0.15) is 8.78 Å². The van der Waals surface area contributed by atoms with E-state index in [-0.39, 0.29) is 17.7 Å². The smallest absolute Gasteiger partial charge is 0.387 e. The van der Waals surface area contributed by atoms with Crippen LogP contribution in [0, 0.1) is 0 Å². The van der Waals surface area contributed by atoms with Gasteiger partial charge in [-0.3, -0.25) is 4.79 Å². The van der Waals surface area contributed by atoms with Gasteiger partial charge in [0.1, 0.15) is 5.75 Å². The summed E-state index contributed by atoms with van der Waals surface area (Å²) >= 11 is 0. The fraction of sp³-hybridized carbons (Fsp3) is 0.278. The molecule has 0 saturated carbocycles. The normalized spacial score (nSPS) is 12.0. The summed E-state index contributed by atoms with van der Waals surface area (Å²) in [7, 11) is 1.59. The Morgan fingerprint density at radius 2 is 1.88 bits per heavy atom. The Morgan fingerprint density at radius 1 is 1.17 bits per heavy atom. The van der Waals surface area contributed by atoms with Gasteiger partial charge in [-0.15, -0.1) is 0 Å². The number of rotatable bonds is 7. The summed E-state index contributed by atoms with van der Waals surface area (Å²) in [6.07, 6.45) is 0. The van der Waals surface area contributed by atoms with Crippen LogP contribution in [0.4, 0.5) is 8.78 Å². The molecule has 1 N–H and O–H groups in total. The lowest BCUT2D eigenvalue weighted by molar-refractivity contribution is -0.0498. The van der Waals surface area contributed by atoms with Crippen LogP contribution < -0.4 is 10.1 Å². The van der Waals surface area contributed by atoms with E-state index in [1.165, 1.54) is 12.1 Å². The average molecular weight is 335 g/mol. The second-order valence-corrected chi connectivity index (χ2v) is 5.28. The molecule has 1 atom stereocenters. The number of benzene rings is 2. The Balaban J connectivity index is 2.01. The van der Waals surface area contributed by atoms with Crippen LogP contribution in [0.15, 0.2) is 48.5 Å². The number of carbonyl (C=O) groups is 1. The van der Waals surface area contributed by atoms with Crippen molar-refractivity contribution >= 4 is 5.91 Å². The van der Waals surface area contributed by atoms with E-state index in [1.807, 2.05) is 13.0 Å². The summed E-state index contributed by atoms with van der Waals surface area (Å²) in [5.41, 5.74) is 2.23. The van der Waals surface area contributed by atoms with E-state index >= 15 is 0 Å². The molecule has 0 aliphatic heterocycles. The Labute approximate surface area is 139 Å². The van der Waals surface area contributed by atoms with Gasteiger partial charge in [-0.1, -0.05) is 24.3 Å². The van der Waals surface area contributed by atoms with Gasteiger partial charge in [0, 0.05) is 12.7 Å². The van der Waals surface area contributed by atoms with E-state index in [2.05, 4.69) is 10.1 Å². The van der Waals surface area contributed by atoms with Gasteiger partial charge in [-0.25, -0.2) is 0 Å². The molecule has 2 aromatic rings. The first-order chi connectivity index (χ1) is 11.5. The maximum Gasteiger partial charge on any atom is 0.387 e. The molecule has 24 heavy (non-hydrogen) atoms. The van der Waals surface area contributed by atoms with Crippen molar-refractivity contribution < 1.29 is 23.0 Å². The molecule has 0 saturated heterocycles. The van der Waals surface area contributed by atoms with Crippen LogP contribution in [0.25, 0.3) is 0 Å². The predicted molar refractivity (Wildman–Crippen MR) is 86.1 cm³/mol. The molecule has 0 aliphatic carbocycles. The van der Waals surface area contributed by atoms with Crippen molar-refractivity contribution in [3.63, 3.8) is 0 Å². The van der Waals surface area contributed by atoms with Crippen LogP contribution in [0.1, 0.15) is 34.5 Å². The lowest BCUT2D eigenvalue weighted by atomic mass is 10.1. The van der Waals surface area contributed by atoms with Gasteiger partial charge < -0.3 is 14.8 Å². The standard InChI is InChI=1S/C18H19F2NO3/c1-12(14-6-8-16(9-7-14)24-18(19)20)21-17(22)15-5-3-4-13(10-15)11-23-2/h3-10,12,18H,11H2,1-2H3,(H,21,22). The van der Waals surface area contributed by atoms with Crippen LogP contribution in [0.3, 0.4) is 0 Å². The van der Waals surface area contributed by atoms with Crippen LogP contribution in [-0.2, 0) is 11.3 Å². The Kier molecular flexibility index (Phi) is 6.26. The molecular formula is C18H19F2NO3. The van der Waals surface area contributed by atoms with Crippen molar-refractivity contribution in [2.24, 2.45) is 0 Å². The van der Waals surface area contributed by atoms with Crippen molar-refractivity contribution in [1.82, 2.24) is 5.32 Å². The van der Waals surface area contributed by atoms with Gasteiger partial charge in [0.25, 0.3) is 5.91 Å². The lowest BCUT2D eigenvalue weighted by Crippen LogP contribution is -2.26. The highest BCUT2D eigenvalue weighted by Crippen LogP contribution is 2.19. The van der Waals surface area contributed by atoms with Crippen molar-refractivity contribution in [2.45, 2.75) is 26.2 Å². The summed E-state index contributed by atoms with van der Waals surface area (Å²) in [6, 6.07) is 13.1. The summed E-state index contributed by atoms with van der Waals surface area (Å²) in [5, 5.41) is 2.87. The van der Waals surface area contributed by atoms with E-state index in [1.54, 1.807) is 37.4 Å². The molecule has 0 radical (unpaired) electrons. The van der Waals surface area contributed by atoms with Crippen LogP contribution in [0.5, 0.6) is 5.75 Å². The molecule has 6 heteroatoms. The average Bonchev–Trinajstić information content (AvgIpc) is 2.55. The first kappa shape index (κ1) is 17.9. The topological polar surface area (TPSA) is 47.6 Å². The highest BCUT2D eigenvalue weighted by Gasteiger charge is 2.12. The number of hydrogen-bond acceptors (Lipinski definition) is 3. The van der Waals surface area contributed by atoms with Gasteiger partial charge in [0.2, 0.25) is 0 Å². The highest BCUT2D eigenvalue weighted by molar-refractivity contribution is 5.94. The van der Waals surface area contributed by atoms with E-state index < -0.39 is 6.61 Å². The zero-order valence-electron chi connectivity index (χ0n) is 13.5. The maximum atomic E-state index is 12.3. The molecule has 1 unspecified atom stereocenters. The van der Waals surface area contributed by atoms with E-state index in [0.717, 1.165) is 11.1 Å². The summed E-state index contributed by atoms with van der Waals surface area (Å²) < 4.78 is 33.6. The molecule has 2 aromatic carbocycles. The van der Waals surface area contributed by atoms with Crippen molar-refractivity contribution in [3.8, 4) is 5.75 Å². The first-order valence-corrected chi connectivity index (χ1v) is 7.43. The fourth-order valence-corrected chi connectivity index (χ4v) is 2.27. The second-order valence-electron chi connectivity index (χ2n) is 5.28. The highest BCUT2D eigenvalue weighted by atomic mass is 19.3. The van der Waals surface area contributed by atoms with Gasteiger partial charge in [0.15, 0.2) is 0 Å². The lowest BCUT2D eigenvalue weighted by Gasteiger charge is -2.15. The third kappa shape index (κ3) is 5.03. The molecule has 0 aromatic heterocycles. The minimum atomic E-state index is -2.85. The Hall–Kier alpha value is -2.47. The van der Waals surface area contributed by atoms with Gasteiger partial charge in [0.05, 0.1) is 12.6 Å². The van der Waals surface area contributed by atoms with E-state index in [9.17, 15) is 13.6 Å². The Morgan fingerprint density at radius 3 is 2.50 bits per heavy atom. The number of amides is 1. The second kappa shape index (κ2) is 8.40. The third-order valence-corrected chi connectivity index (χ3v) is 3.45. The number of methoxy groups -OCH3 is 1. The largest absolute Gasteiger partial charge is 0.435 e. The molecular weight excluding hydrogens is 316 g/mol. The minimum Gasteiger partial charge on any atom is -0.435 e. The molecule has 4 nitrogen and oxygen atoms in total. The molecule has 0 aliphatic rings. The van der Waals surface area contributed by atoms with Crippen molar-refractivity contribution in [2.75, 3.05) is 7.11 Å². The molecule has 0 spiro atoms. The molecule has 2 rings (SSSR count). The van der Waals surface area contributed by atoms with Crippen LogP contribution in [0.2, 0.25) is 0 Å². The molecule has 128 valence electrons. The van der Waals surface area contributed by atoms with Crippen LogP contribution in [-0.4, -0.2) is 19.6 Å². The zero-order valence-corrected chi connectivity index (χ0v) is 13.5. The van der Waals surface area contributed by atoms with E-state index in [4.69, 9.17) is 4.74 Å². The number of nitrogens with one attached hydrogen (secondary N) is 1. The molecule has 1 amide bonds. The summed E-state index contributed by atoms with van der Waals surface area (Å²) in [4.78, 5) is 12.3. The third-order valence-electron chi connectivity index (χ3n) is 3.45. The van der Waals surface area contributed by atoms with E-state index in [0.29, 0.717) is 12.2 Å². The number of ether oxygens (including phenoxy) is 2. The monoisotopic (exact) mass is 335 g/mol. The number of hydrogen-bond donors (Lipinski definition) is 1.